The summed E-state index contributed by atoms with van der Waals surface area (Å²) in [5.74, 6) is 0. The van der Waals surface area contributed by atoms with E-state index in [2.05, 4.69) is 4.40 Å². The Morgan fingerprint density at radius 1 is 1.19 bits per heavy atom. The van der Waals surface area contributed by atoms with Crippen LogP contribution in [0.5, 0.6) is 0 Å². The molecule has 1 rings (SSSR count). The van der Waals surface area contributed by atoms with Crippen molar-refractivity contribution in [1.29, 1.82) is 0 Å². The number of benzene rings is 1. The van der Waals surface area contributed by atoms with Crippen LogP contribution in [-0.4, -0.2) is 14.5 Å². The fraction of sp³-hybridized carbons (Fsp3) is 0.125. The van der Waals surface area contributed by atoms with Crippen LogP contribution in [0.15, 0.2) is 33.6 Å². The second kappa shape index (κ2) is 4.07. The summed E-state index contributed by atoms with van der Waals surface area (Å²) in [5.41, 5.74) is -1.37. The number of hydrogen-bond donors (Lipinski definition) is 0. The number of nitrogens with zero attached hydrogens (tertiary/aromatic N) is 1. The fourth-order valence-electron chi connectivity index (χ4n) is 1.02. The van der Waals surface area contributed by atoms with E-state index in [-0.39, 0.29) is 0 Å². The van der Waals surface area contributed by atoms with Gasteiger partial charge in [-0.1, -0.05) is 16.5 Å². The second-order valence-corrected chi connectivity index (χ2v) is 4.22. The largest absolute Gasteiger partial charge is 0.417 e. The highest BCUT2D eigenvalue weighted by molar-refractivity contribution is 7.90. The highest BCUT2D eigenvalue weighted by atomic mass is 32.2. The minimum Gasteiger partial charge on any atom is -0.210 e. The molecule has 0 aromatic heterocycles. The van der Waals surface area contributed by atoms with Crippen molar-refractivity contribution < 1.29 is 26.4 Å². The average molecular weight is 251 g/mol. The molecule has 0 unspecified atom stereocenters. The molecule has 0 N–H and O–H groups in total. The Morgan fingerprint density at radius 2 is 1.75 bits per heavy atom. The van der Waals surface area contributed by atoms with Gasteiger partial charge in [0.25, 0.3) is 16.1 Å². The summed E-state index contributed by atoms with van der Waals surface area (Å²) in [7, 11) is -4.64. The molecular formula is C8H4F3NO3S. The van der Waals surface area contributed by atoms with Gasteiger partial charge in [-0.2, -0.15) is 21.6 Å². The Morgan fingerprint density at radius 3 is 2.25 bits per heavy atom. The van der Waals surface area contributed by atoms with Gasteiger partial charge in [-0.15, -0.1) is 0 Å². The zero-order valence-corrected chi connectivity index (χ0v) is 8.34. The van der Waals surface area contributed by atoms with Gasteiger partial charge < -0.3 is 0 Å². The summed E-state index contributed by atoms with van der Waals surface area (Å²) in [6.07, 6.45) is -4.13. The third-order valence-corrected chi connectivity index (χ3v) is 2.85. The second-order valence-electron chi connectivity index (χ2n) is 2.65. The monoisotopic (exact) mass is 251 g/mol. The zero-order chi connectivity index (χ0) is 12.4. The van der Waals surface area contributed by atoms with Crippen LogP contribution in [0.2, 0.25) is 0 Å². The molecule has 4 nitrogen and oxygen atoms in total. The van der Waals surface area contributed by atoms with E-state index in [9.17, 15) is 26.4 Å². The molecule has 8 heteroatoms. The van der Waals surface area contributed by atoms with Gasteiger partial charge in [0.05, 0.1) is 5.56 Å². The average Bonchev–Trinajstić information content (AvgIpc) is 2.16. The van der Waals surface area contributed by atoms with Gasteiger partial charge in [0.15, 0.2) is 0 Å². The van der Waals surface area contributed by atoms with E-state index in [0.29, 0.717) is 12.1 Å². The standard InChI is InChI=1S/C8H4F3NO3S/c9-8(10,11)6-3-1-2-4-7(6)16(14,15)12-5-13/h1-4H. The van der Waals surface area contributed by atoms with Crippen LogP contribution in [-0.2, 0) is 21.0 Å². The molecule has 0 saturated carbocycles. The number of rotatable bonds is 2. The van der Waals surface area contributed by atoms with Crippen molar-refractivity contribution >= 4 is 16.1 Å². The predicted octanol–water partition coefficient (Wildman–Crippen LogP) is 1.73. The van der Waals surface area contributed by atoms with E-state index in [1.165, 1.54) is 0 Å². The Kier molecular flexibility index (Phi) is 3.16. The van der Waals surface area contributed by atoms with Gasteiger partial charge in [0.2, 0.25) is 0 Å². The number of sulfonamides is 1. The highest BCUT2D eigenvalue weighted by Gasteiger charge is 2.36. The van der Waals surface area contributed by atoms with Crippen molar-refractivity contribution in [3.8, 4) is 0 Å². The van der Waals surface area contributed by atoms with Crippen LogP contribution in [0.25, 0.3) is 0 Å². The molecule has 0 aliphatic rings. The highest BCUT2D eigenvalue weighted by Crippen LogP contribution is 2.34. The maximum atomic E-state index is 12.4. The molecule has 0 saturated heterocycles. The molecule has 0 spiro atoms. The molecule has 0 fully saturated rings. The first-order valence-corrected chi connectivity index (χ1v) is 5.23. The number of halogens is 3. The quantitative estimate of drug-likeness (QED) is 0.594. The Bertz CT molecular complexity index is 544. The maximum Gasteiger partial charge on any atom is 0.417 e. The summed E-state index contributed by atoms with van der Waals surface area (Å²) in [6, 6.07) is 3.45. The summed E-state index contributed by atoms with van der Waals surface area (Å²) < 4.78 is 62.0. The molecular weight excluding hydrogens is 247 g/mol. The summed E-state index contributed by atoms with van der Waals surface area (Å²) in [6.45, 7) is 0. The van der Waals surface area contributed by atoms with E-state index in [4.69, 9.17) is 0 Å². The van der Waals surface area contributed by atoms with E-state index in [1.807, 2.05) is 0 Å². The van der Waals surface area contributed by atoms with Crippen molar-refractivity contribution in [3.05, 3.63) is 29.8 Å². The number of carbonyl (C=O) groups excluding carboxylic acids is 1. The Balaban J connectivity index is 3.53. The van der Waals surface area contributed by atoms with Gasteiger partial charge >= 0.3 is 6.18 Å². The maximum absolute atomic E-state index is 12.4. The summed E-state index contributed by atoms with van der Waals surface area (Å²) in [5, 5.41) is 0. The van der Waals surface area contributed by atoms with E-state index in [0.717, 1.165) is 18.2 Å². The molecule has 1 aromatic carbocycles. The third-order valence-electron chi connectivity index (χ3n) is 1.63. The van der Waals surface area contributed by atoms with Crippen LogP contribution >= 0.6 is 0 Å². The van der Waals surface area contributed by atoms with Crippen LogP contribution in [0.1, 0.15) is 5.56 Å². The van der Waals surface area contributed by atoms with Crippen molar-refractivity contribution in [2.24, 2.45) is 4.40 Å². The lowest BCUT2D eigenvalue weighted by Gasteiger charge is -2.09. The molecule has 86 valence electrons. The third kappa shape index (κ3) is 2.47. The van der Waals surface area contributed by atoms with Crippen molar-refractivity contribution in [1.82, 2.24) is 0 Å². The molecule has 0 aliphatic carbocycles. The first-order chi connectivity index (χ1) is 7.29. The van der Waals surface area contributed by atoms with E-state index in [1.54, 1.807) is 0 Å². The Labute approximate surface area is 88.5 Å². The van der Waals surface area contributed by atoms with Gasteiger partial charge in [0, 0.05) is 0 Å². The van der Waals surface area contributed by atoms with Crippen molar-refractivity contribution in [2.45, 2.75) is 11.1 Å². The number of isocyanates is 1. The first kappa shape index (κ1) is 12.4. The molecule has 1 aromatic rings. The fourth-order valence-corrected chi connectivity index (χ4v) is 1.93. The van der Waals surface area contributed by atoms with Crippen LogP contribution in [0.4, 0.5) is 13.2 Å². The minimum atomic E-state index is -4.83. The number of alkyl halides is 3. The molecule has 0 heterocycles. The van der Waals surface area contributed by atoms with Crippen LogP contribution < -0.4 is 0 Å². The van der Waals surface area contributed by atoms with Crippen molar-refractivity contribution in [2.75, 3.05) is 0 Å². The van der Waals surface area contributed by atoms with Gasteiger partial charge in [-0.25, -0.2) is 4.79 Å². The SMILES string of the molecule is O=C=NS(=O)(=O)c1ccccc1C(F)(F)F. The predicted molar refractivity (Wildman–Crippen MR) is 46.8 cm³/mol. The minimum absolute atomic E-state index is 0.590. The lowest BCUT2D eigenvalue weighted by molar-refractivity contribution is -0.139. The zero-order valence-electron chi connectivity index (χ0n) is 7.52. The molecule has 0 bridgehead atoms. The summed E-state index contributed by atoms with van der Waals surface area (Å²) in [4.78, 5) is 8.74. The lowest BCUT2D eigenvalue weighted by Crippen LogP contribution is -2.11. The van der Waals surface area contributed by atoms with Crippen molar-refractivity contribution in [3.63, 3.8) is 0 Å². The topological polar surface area (TPSA) is 63.6 Å². The van der Waals surface area contributed by atoms with E-state index < -0.39 is 26.7 Å². The van der Waals surface area contributed by atoms with Gasteiger partial charge in [-0.05, 0) is 12.1 Å². The summed E-state index contributed by atoms with van der Waals surface area (Å²) >= 11 is 0. The van der Waals surface area contributed by atoms with Crippen LogP contribution in [0.3, 0.4) is 0 Å². The van der Waals surface area contributed by atoms with Gasteiger partial charge in [-0.3, -0.25) is 0 Å². The van der Waals surface area contributed by atoms with Gasteiger partial charge in [0.1, 0.15) is 4.90 Å². The first-order valence-electron chi connectivity index (χ1n) is 3.79. The molecule has 0 amide bonds. The smallest absolute Gasteiger partial charge is 0.210 e. The van der Waals surface area contributed by atoms with Crippen LogP contribution in [0, 0.1) is 0 Å². The Hall–Kier alpha value is -1.66. The lowest BCUT2D eigenvalue weighted by atomic mass is 10.2. The normalized spacial score (nSPS) is 11.9. The number of hydrogen-bond acceptors (Lipinski definition) is 3. The molecule has 16 heavy (non-hydrogen) atoms. The molecule has 0 radical (unpaired) electrons. The molecule has 0 atom stereocenters. The van der Waals surface area contributed by atoms with E-state index >= 15 is 0 Å². The molecule has 0 aliphatic heterocycles.